The number of benzene rings is 3. The second kappa shape index (κ2) is 8.57. The fourth-order valence-electron chi connectivity index (χ4n) is 6.17. The number of amides is 2. The fourth-order valence-corrected chi connectivity index (χ4v) is 6.54. The molecule has 1 unspecified atom stereocenters. The van der Waals surface area contributed by atoms with Crippen LogP contribution in [0.5, 0.6) is 0 Å². The molecule has 3 aromatic carbocycles. The molecule has 1 fully saturated rings. The van der Waals surface area contributed by atoms with Gasteiger partial charge in [-0.2, -0.15) is 5.10 Å². The third kappa shape index (κ3) is 3.55. The zero-order valence-electron chi connectivity index (χ0n) is 20.1. The van der Waals surface area contributed by atoms with Crippen molar-refractivity contribution in [2.75, 3.05) is 18.9 Å². The number of piperidine rings is 1. The van der Waals surface area contributed by atoms with Gasteiger partial charge >= 0.3 is 0 Å². The predicted molar refractivity (Wildman–Crippen MR) is 141 cm³/mol. The lowest BCUT2D eigenvalue weighted by Crippen LogP contribution is -2.61. The number of hydrogen-bond donors (Lipinski definition) is 1. The average molecular weight is 537 g/mol. The monoisotopic (exact) mass is 536 g/mol. The number of amidine groups is 1. The van der Waals surface area contributed by atoms with E-state index in [4.69, 9.17) is 23.2 Å². The highest BCUT2D eigenvalue weighted by molar-refractivity contribution is 6.31. The summed E-state index contributed by atoms with van der Waals surface area (Å²) in [4.78, 5) is 29.1. The van der Waals surface area contributed by atoms with E-state index in [1.165, 1.54) is 17.1 Å². The first-order valence-corrected chi connectivity index (χ1v) is 12.7. The molecular formula is C28H23Cl2FN4O2. The maximum atomic E-state index is 14.8. The molecule has 6 nitrogen and oxygen atoms in total. The van der Waals surface area contributed by atoms with Gasteiger partial charge in [0.1, 0.15) is 23.6 Å². The molecule has 0 saturated carbocycles. The number of rotatable bonds is 2. The van der Waals surface area contributed by atoms with Crippen molar-refractivity contribution >= 4 is 46.5 Å². The molecule has 1 N–H and O–H groups in total. The van der Waals surface area contributed by atoms with Crippen LogP contribution in [0.3, 0.4) is 0 Å². The van der Waals surface area contributed by atoms with E-state index >= 15 is 0 Å². The zero-order chi connectivity index (χ0) is 26.1. The second-order valence-corrected chi connectivity index (χ2v) is 10.7. The first kappa shape index (κ1) is 23.9. The zero-order valence-corrected chi connectivity index (χ0v) is 21.6. The lowest BCUT2D eigenvalue weighted by Gasteiger charge is -2.54. The highest BCUT2D eigenvalue weighted by Crippen LogP contribution is 2.61. The summed E-state index contributed by atoms with van der Waals surface area (Å²) in [5, 5.41) is 10.0. The Balaban J connectivity index is 1.72. The number of nitrogens with zero attached hydrogens (tertiary/aromatic N) is 3. The molecule has 3 aliphatic rings. The van der Waals surface area contributed by atoms with E-state index in [1.54, 1.807) is 31.3 Å². The summed E-state index contributed by atoms with van der Waals surface area (Å²) in [6.07, 6.45) is 0.373. The van der Waals surface area contributed by atoms with Crippen LogP contribution in [0.1, 0.15) is 40.6 Å². The molecule has 0 bridgehead atoms. The summed E-state index contributed by atoms with van der Waals surface area (Å²) in [6, 6.07) is 16.6. The van der Waals surface area contributed by atoms with E-state index < -0.39 is 23.2 Å². The number of nitrogens with one attached hydrogen (secondary N) is 1. The lowest BCUT2D eigenvalue weighted by molar-refractivity contribution is -0.135. The molecule has 0 radical (unpaired) electrons. The van der Waals surface area contributed by atoms with Gasteiger partial charge in [-0.25, -0.2) is 9.40 Å². The molecule has 6 rings (SSSR count). The van der Waals surface area contributed by atoms with Gasteiger partial charge in [0.05, 0.1) is 6.04 Å². The van der Waals surface area contributed by atoms with Crippen molar-refractivity contribution in [1.29, 1.82) is 0 Å². The standard InChI is InChI=1S/C28H23Cl2FN4O2/c1-15-6-8-19(31)12-20(15)26-28(21-9-7-18(30)11-23(21)32-27(28)37)22(16-4-3-5-17(29)10-16)13-24-33-34(2)25(36)14-35(24)26/h3-12,22,26H,13-14H2,1-2H3,(H,32,37)/t22-,26+,28?/m0/s1. The molecule has 3 aromatic rings. The molecular weight excluding hydrogens is 514 g/mol. The molecule has 188 valence electrons. The second-order valence-electron chi connectivity index (χ2n) is 9.79. The maximum absolute atomic E-state index is 14.8. The van der Waals surface area contributed by atoms with Crippen LogP contribution in [0.4, 0.5) is 10.1 Å². The first-order valence-electron chi connectivity index (χ1n) is 11.9. The predicted octanol–water partition coefficient (Wildman–Crippen LogP) is 5.65. The fraction of sp³-hybridized carbons (Fsp3) is 0.250. The van der Waals surface area contributed by atoms with Gasteiger partial charge in [0, 0.05) is 35.1 Å². The van der Waals surface area contributed by atoms with Crippen molar-refractivity contribution in [3.8, 4) is 0 Å². The SMILES string of the molecule is Cc1ccc(F)cc1[C@H]1N2CC(=O)N(C)N=C2C[C@@H](c2cccc(Cl)c2)C12C(=O)Nc1cc(Cl)ccc12. The van der Waals surface area contributed by atoms with Crippen LogP contribution in [0.15, 0.2) is 65.8 Å². The van der Waals surface area contributed by atoms with Crippen LogP contribution in [0.2, 0.25) is 10.0 Å². The number of carbonyl (C=O) groups is 2. The summed E-state index contributed by atoms with van der Waals surface area (Å²) in [5.74, 6) is -0.642. The van der Waals surface area contributed by atoms with Crippen LogP contribution < -0.4 is 5.32 Å². The van der Waals surface area contributed by atoms with Crippen molar-refractivity contribution in [3.05, 3.63) is 98.8 Å². The number of hydrazone groups is 1. The van der Waals surface area contributed by atoms with E-state index in [1.807, 2.05) is 36.1 Å². The van der Waals surface area contributed by atoms with Crippen molar-refractivity contribution in [1.82, 2.24) is 9.91 Å². The summed E-state index contributed by atoms with van der Waals surface area (Å²) >= 11 is 12.8. The summed E-state index contributed by atoms with van der Waals surface area (Å²) in [5.41, 5.74) is 2.40. The van der Waals surface area contributed by atoms with Crippen LogP contribution >= 0.6 is 23.2 Å². The summed E-state index contributed by atoms with van der Waals surface area (Å²) in [7, 11) is 1.62. The Kier molecular flexibility index (Phi) is 5.55. The number of likely N-dealkylation sites (N-methyl/N-ethyl adjacent to an activating group) is 1. The Hall–Kier alpha value is -3.42. The Morgan fingerprint density at radius 2 is 1.84 bits per heavy atom. The molecule has 9 heteroatoms. The van der Waals surface area contributed by atoms with Crippen LogP contribution in [-0.4, -0.2) is 41.2 Å². The average Bonchev–Trinajstić information content (AvgIpc) is 3.13. The molecule has 3 atom stereocenters. The van der Waals surface area contributed by atoms with Crippen LogP contribution in [-0.2, 0) is 15.0 Å². The number of hydrogen-bond acceptors (Lipinski definition) is 4. The molecule has 0 aromatic heterocycles. The molecule has 0 aliphatic carbocycles. The summed E-state index contributed by atoms with van der Waals surface area (Å²) in [6.45, 7) is 1.89. The normalized spacial score (nSPS) is 24.6. The van der Waals surface area contributed by atoms with Crippen molar-refractivity contribution in [2.45, 2.75) is 30.7 Å². The highest BCUT2D eigenvalue weighted by atomic mass is 35.5. The third-order valence-corrected chi connectivity index (χ3v) is 8.25. The number of fused-ring (bicyclic) bond motifs is 3. The number of aryl methyl sites for hydroxylation is 1. The minimum atomic E-state index is -1.22. The van der Waals surface area contributed by atoms with Gasteiger partial charge in [0.2, 0.25) is 5.91 Å². The van der Waals surface area contributed by atoms with Gasteiger partial charge in [0.25, 0.3) is 5.91 Å². The number of anilines is 1. The molecule has 1 spiro atoms. The summed E-state index contributed by atoms with van der Waals surface area (Å²) < 4.78 is 14.8. The van der Waals surface area contributed by atoms with Crippen molar-refractivity contribution < 1.29 is 14.0 Å². The Morgan fingerprint density at radius 3 is 2.62 bits per heavy atom. The number of halogens is 3. The molecule has 3 aliphatic heterocycles. The smallest absolute Gasteiger partial charge is 0.262 e. The van der Waals surface area contributed by atoms with E-state index in [0.717, 1.165) is 16.7 Å². The van der Waals surface area contributed by atoms with E-state index in [2.05, 4.69) is 10.4 Å². The number of carbonyl (C=O) groups excluding carboxylic acids is 2. The van der Waals surface area contributed by atoms with Gasteiger partial charge in [-0.3, -0.25) is 9.59 Å². The van der Waals surface area contributed by atoms with Crippen LogP contribution in [0, 0.1) is 12.7 Å². The van der Waals surface area contributed by atoms with Crippen molar-refractivity contribution in [2.24, 2.45) is 5.10 Å². The first-order chi connectivity index (χ1) is 17.7. The quantitative estimate of drug-likeness (QED) is 0.460. The van der Waals surface area contributed by atoms with E-state index in [0.29, 0.717) is 33.6 Å². The molecule has 2 amide bonds. The van der Waals surface area contributed by atoms with E-state index in [9.17, 15) is 14.0 Å². The van der Waals surface area contributed by atoms with Gasteiger partial charge in [-0.15, -0.1) is 0 Å². The van der Waals surface area contributed by atoms with Crippen LogP contribution in [0.25, 0.3) is 0 Å². The van der Waals surface area contributed by atoms with Gasteiger partial charge in [0.15, 0.2) is 0 Å². The Labute approximate surface area is 223 Å². The largest absolute Gasteiger partial charge is 0.341 e. The molecule has 3 heterocycles. The maximum Gasteiger partial charge on any atom is 0.262 e. The van der Waals surface area contributed by atoms with Gasteiger partial charge in [-0.05, 0) is 65.6 Å². The lowest BCUT2D eigenvalue weighted by atomic mass is 9.58. The third-order valence-electron chi connectivity index (χ3n) is 7.78. The molecule has 1 saturated heterocycles. The minimum absolute atomic E-state index is 0.0101. The van der Waals surface area contributed by atoms with Gasteiger partial charge < -0.3 is 10.2 Å². The Bertz CT molecular complexity index is 1510. The van der Waals surface area contributed by atoms with Gasteiger partial charge in [-0.1, -0.05) is 47.5 Å². The highest BCUT2D eigenvalue weighted by Gasteiger charge is 2.63. The Morgan fingerprint density at radius 1 is 1.05 bits per heavy atom. The molecule has 37 heavy (non-hydrogen) atoms. The van der Waals surface area contributed by atoms with E-state index in [-0.39, 0.29) is 18.4 Å². The minimum Gasteiger partial charge on any atom is -0.341 e. The topological polar surface area (TPSA) is 65.0 Å². The van der Waals surface area contributed by atoms with Crippen molar-refractivity contribution in [3.63, 3.8) is 0 Å².